The molecule has 4 nitrogen and oxygen atoms in total. The van der Waals surface area contributed by atoms with Gasteiger partial charge in [-0.3, -0.25) is 4.98 Å². The molecule has 0 aliphatic rings. The van der Waals surface area contributed by atoms with Crippen molar-refractivity contribution < 1.29 is 28.6 Å². The van der Waals surface area contributed by atoms with Gasteiger partial charge in [0.25, 0.3) is 0 Å². The number of pyridine rings is 1. The molecule has 0 N–H and O–H groups in total. The number of imidazole rings is 1. The predicted molar refractivity (Wildman–Crippen MR) is 195 cm³/mol. The molecule has 0 atom stereocenters. The number of aromatic nitrogens is 3. The number of para-hydroxylation sites is 3. The van der Waals surface area contributed by atoms with Crippen molar-refractivity contribution in [3.63, 3.8) is 0 Å². The fourth-order valence-corrected chi connectivity index (χ4v) is 6.08. The molecule has 7 rings (SSSR count). The summed E-state index contributed by atoms with van der Waals surface area (Å²) in [6.45, 7) is 11.5. The Labute approximate surface area is 302 Å². The normalized spacial score (nSPS) is 12.5. The van der Waals surface area contributed by atoms with Gasteiger partial charge >= 0.3 is 0 Å². The molecule has 0 amide bonds. The number of nitrogens with zero attached hydrogens (tertiary/aromatic N) is 3. The zero-order valence-electron chi connectivity index (χ0n) is 31.3. The fraction of sp³-hybridized carbons (Fsp3) is 0.256. The van der Waals surface area contributed by atoms with E-state index >= 15 is 0 Å². The van der Waals surface area contributed by atoms with Crippen LogP contribution in [-0.4, -0.2) is 14.5 Å². The van der Waals surface area contributed by atoms with Crippen LogP contribution in [0.2, 0.25) is 0 Å². The molecular formula is C43H43IrN3O-2. The van der Waals surface area contributed by atoms with Crippen molar-refractivity contribution in [1.29, 1.82) is 0 Å². The third-order valence-electron chi connectivity index (χ3n) is 8.32. The average molecular weight is 813 g/mol. The van der Waals surface area contributed by atoms with Crippen molar-refractivity contribution in [2.24, 2.45) is 5.92 Å². The van der Waals surface area contributed by atoms with Gasteiger partial charge in [0.1, 0.15) is 0 Å². The van der Waals surface area contributed by atoms with E-state index in [1.807, 2.05) is 18.2 Å². The van der Waals surface area contributed by atoms with Crippen molar-refractivity contribution in [2.45, 2.75) is 66.7 Å². The molecule has 0 aliphatic heterocycles. The van der Waals surface area contributed by atoms with Crippen LogP contribution in [-0.2, 0) is 26.5 Å². The van der Waals surface area contributed by atoms with Crippen LogP contribution in [0, 0.1) is 25.1 Å². The predicted octanol–water partition coefficient (Wildman–Crippen LogP) is 11.5. The first kappa shape index (κ1) is 31.0. The van der Waals surface area contributed by atoms with E-state index in [4.69, 9.17) is 13.5 Å². The Balaban J connectivity index is 0.000000249. The smallest absolute Gasteiger partial charge is 0.0774 e. The first-order valence-electron chi connectivity index (χ1n) is 17.9. The summed E-state index contributed by atoms with van der Waals surface area (Å²) in [5, 5.41) is 1.07. The molecule has 0 unspecified atom stereocenters. The number of benzene rings is 4. The van der Waals surface area contributed by atoms with E-state index in [0.29, 0.717) is 17.8 Å². The zero-order valence-corrected chi connectivity index (χ0v) is 30.7. The number of furan rings is 1. The molecular weight excluding hydrogens is 767 g/mol. The van der Waals surface area contributed by atoms with Crippen molar-refractivity contribution in [2.75, 3.05) is 0 Å². The number of hydrogen-bond acceptors (Lipinski definition) is 3. The fourth-order valence-electron chi connectivity index (χ4n) is 6.08. The Bertz CT molecular complexity index is 2190. The van der Waals surface area contributed by atoms with Gasteiger partial charge in [-0.2, -0.15) is 0 Å². The molecule has 7 aromatic rings. The van der Waals surface area contributed by atoms with Crippen molar-refractivity contribution in [3.8, 4) is 28.3 Å². The van der Waals surface area contributed by atoms with E-state index in [2.05, 4.69) is 124 Å². The van der Waals surface area contributed by atoms with Gasteiger partial charge in [0, 0.05) is 47.9 Å². The minimum Gasteiger partial charge on any atom is -0.557 e. The van der Waals surface area contributed by atoms with Crippen molar-refractivity contribution in [1.82, 2.24) is 14.5 Å². The third kappa shape index (κ3) is 7.38. The molecule has 0 saturated heterocycles. The maximum atomic E-state index is 7.23. The van der Waals surface area contributed by atoms with Crippen LogP contribution < -0.4 is 0 Å². The molecule has 247 valence electrons. The van der Waals surface area contributed by atoms with Gasteiger partial charge in [-0.25, -0.2) is 0 Å². The first-order chi connectivity index (χ1) is 23.9. The Kier molecular flexibility index (Phi) is 9.86. The number of rotatable bonds is 7. The Hall–Kier alpha value is -4.31. The summed E-state index contributed by atoms with van der Waals surface area (Å²) in [5.74, 6) is 2.24. The maximum Gasteiger partial charge on any atom is 0.0774 e. The van der Waals surface area contributed by atoms with Gasteiger partial charge < -0.3 is 14.0 Å². The second kappa shape index (κ2) is 15.3. The van der Waals surface area contributed by atoms with Gasteiger partial charge in [-0.1, -0.05) is 119 Å². The van der Waals surface area contributed by atoms with Crippen LogP contribution in [0.1, 0.15) is 79.7 Å². The van der Waals surface area contributed by atoms with E-state index in [0.717, 1.165) is 51.1 Å². The van der Waals surface area contributed by atoms with Crippen molar-refractivity contribution in [3.05, 3.63) is 138 Å². The first-order valence-corrected chi connectivity index (χ1v) is 16.4. The van der Waals surface area contributed by atoms with E-state index < -0.39 is 6.85 Å². The summed E-state index contributed by atoms with van der Waals surface area (Å²) in [5.41, 5.74) is 10.9. The second-order valence-corrected chi connectivity index (χ2v) is 13.1. The van der Waals surface area contributed by atoms with E-state index in [1.54, 1.807) is 18.2 Å². The SMILES string of the molecule is CC(C)Cc1ccc2o[c-]c(-c3nc4ccccc4n3-c3c(C(C)C)cccc3C(C)C)c2c1.[2H]C([2H])([2H])c1ccc(-c2[c-]cccc2)nc1.[Ir]. The molecule has 0 fully saturated rings. The van der Waals surface area contributed by atoms with Gasteiger partial charge in [0.05, 0.1) is 16.9 Å². The molecule has 0 saturated carbocycles. The molecule has 1 radical (unpaired) electrons. The zero-order chi connectivity index (χ0) is 35.6. The minimum absolute atomic E-state index is 0. The summed E-state index contributed by atoms with van der Waals surface area (Å²) in [6, 6.07) is 35.4. The van der Waals surface area contributed by atoms with Gasteiger partial charge in [-0.05, 0) is 65.5 Å². The minimum atomic E-state index is -2.09. The topological polar surface area (TPSA) is 43.9 Å². The third-order valence-corrected chi connectivity index (χ3v) is 8.32. The molecule has 5 heteroatoms. The largest absolute Gasteiger partial charge is 0.557 e. The quantitative estimate of drug-likeness (QED) is 0.151. The van der Waals surface area contributed by atoms with Crippen LogP contribution in [0.5, 0.6) is 0 Å². The van der Waals surface area contributed by atoms with Crippen LogP contribution >= 0.6 is 0 Å². The molecule has 48 heavy (non-hydrogen) atoms. The van der Waals surface area contributed by atoms with Crippen LogP contribution in [0.15, 0.2) is 108 Å². The van der Waals surface area contributed by atoms with Crippen LogP contribution in [0.25, 0.3) is 50.3 Å². The molecule has 3 heterocycles. The monoisotopic (exact) mass is 813 g/mol. The number of aryl methyl sites for hydroxylation is 1. The Morgan fingerprint density at radius 1 is 0.833 bits per heavy atom. The molecule has 0 bridgehead atoms. The van der Waals surface area contributed by atoms with Gasteiger partial charge in [-0.15, -0.1) is 35.9 Å². The Morgan fingerprint density at radius 2 is 1.58 bits per heavy atom. The van der Waals surface area contributed by atoms with Crippen molar-refractivity contribution >= 4 is 22.0 Å². The number of fused-ring (bicyclic) bond motifs is 2. The second-order valence-electron chi connectivity index (χ2n) is 13.1. The van der Waals surface area contributed by atoms with Crippen LogP contribution in [0.3, 0.4) is 0 Å². The van der Waals surface area contributed by atoms with E-state index in [1.165, 1.54) is 28.6 Å². The molecule has 0 spiro atoms. The maximum absolute atomic E-state index is 7.23. The molecule has 3 aromatic heterocycles. The number of hydrogen-bond donors (Lipinski definition) is 0. The summed E-state index contributed by atoms with van der Waals surface area (Å²) in [4.78, 5) is 9.27. The Morgan fingerprint density at radius 3 is 2.23 bits per heavy atom. The molecule has 4 aromatic carbocycles. The van der Waals surface area contributed by atoms with Gasteiger partial charge in [0.2, 0.25) is 0 Å². The summed E-state index contributed by atoms with van der Waals surface area (Å²) < 4.78 is 30.0. The van der Waals surface area contributed by atoms with Crippen LogP contribution in [0.4, 0.5) is 0 Å². The molecule has 0 aliphatic carbocycles. The van der Waals surface area contributed by atoms with Gasteiger partial charge in [0.15, 0.2) is 0 Å². The average Bonchev–Trinajstić information content (AvgIpc) is 3.69. The summed E-state index contributed by atoms with van der Waals surface area (Å²) in [7, 11) is 0. The standard InChI is InChI=1S/C31H33N2O.C12H10N.Ir/c1-19(2)16-22-14-15-29-25(17-22)26(18-34-29)31-32-27-12-7-8-13-28(27)33(31)30-23(20(3)4)10-9-11-24(30)21(5)6;1-10-7-8-12(13-9-10)11-5-3-2-4-6-11;/h7-15,17,19-21H,16H2,1-6H3;2-5,7-9H,1H3;/q2*-1;/i;1D3;. The summed E-state index contributed by atoms with van der Waals surface area (Å²) in [6.07, 6.45) is 5.65. The van der Waals surface area contributed by atoms with E-state index in [-0.39, 0.29) is 25.7 Å². The van der Waals surface area contributed by atoms with E-state index in [9.17, 15) is 0 Å². The summed E-state index contributed by atoms with van der Waals surface area (Å²) >= 11 is 0.